The smallest absolute Gasteiger partial charge is 0.329 e. The summed E-state index contributed by atoms with van der Waals surface area (Å²) in [5.74, 6) is -0.694. The highest BCUT2D eigenvalue weighted by Gasteiger charge is 2.24. The molecule has 0 aliphatic heterocycles. The minimum atomic E-state index is -4.19. The summed E-state index contributed by atoms with van der Waals surface area (Å²) in [5, 5.41) is 2.43. The van der Waals surface area contributed by atoms with Crippen molar-refractivity contribution in [1.82, 2.24) is 10.0 Å². The van der Waals surface area contributed by atoms with Crippen molar-refractivity contribution in [1.29, 1.82) is 0 Å². The van der Waals surface area contributed by atoms with Gasteiger partial charge < -0.3 is 11.1 Å². The quantitative estimate of drug-likeness (QED) is 0.695. The Labute approximate surface area is 125 Å². The summed E-state index contributed by atoms with van der Waals surface area (Å²) in [7, 11) is -4.19. The van der Waals surface area contributed by atoms with Crippen LogP contribution in [0.1, 0.15) is 20.8 Å². The highest BCUT2D eigenvalue weighted by atomic mass is 79.9. The van der Waals surface area contributed by atoms with Crippen molar-refractivity contribution in [2.24, 2.45) is 0 Å². The third kappa shape index (κ3) is 4.34. The van der Waals surface area contributed by atoms with Crippen molar-refractivity contribution in [2.75, 3.05) is 5.73 Å². The molecule has 9 heteroatoms. The van der Waals surface area contributed by atoms with Gasteiger partial charge in [0.25, 0.3) is 10.0 Å². The predicted octanol–water partition coefficient (Wildman–Crippen LogP) is 1.96. The van der Waals surface area contributed by atoms with Crippen LogP contribution in [0.4, 0.5) is 14.9 Å². The predicted molar refractivity (Wildman–Crippen MR) is 77.1 cm³/mol. The number of carbonyl (C=O) groups is 1. The molecule has 1 aromatic carbocycles. The molecule has 20 heavy (non-hydrogen) atoms. The molecule has 4 N–H and O–H groups in total. The van der Waals surface area contributed by atoms with Crippen molar-refractivity contribution < 1.29 is 17.6 Å². The maximum Gasteiger partial charge on any atom is 0.329 e. The molecule has 6 nitrogen and oxygen atoms in total. The lowest BCUT2D eigenvalue weighted by molar-refractivity contribution is 0.237. The van der Waals surface area contributed by atoms with Crippen LogP contribution in [0.25, 0.3) is 0 Å². The number of hydrogen-bond acceptors (Lipinski definition) is 4. The second kappa shape index (κ2) is 5.57. The van der Waals surface area contributed by atoms with E-state index in [1.165, 1.54) is 0 Å². The number of amides is 2. The zero-order valence-electron chi connectivity index (χ0n) is 11.1. The number of benzene rings is 1. The summed E-state index contributed by atoms with van der Waals surface area (Å²) in [6, 6.07) is 0.967. The molecule has 0 heterocycles. The molecule has 2 amide bonds. The SMILES string of the molecule is CC(C)(C)NC(=O)NS(=O)(=O)c1cc(Br)c(F)cc1N. The van der Waals surface area contributed by atoms with E-state index >= 15 is 0 Å². The lowest BCUT2D eigenvalue weighted by atomic mass is 10.1. The fourth-order valence-electron chi connectivity index (χ4n) is 1.32. The highest BCUT2D eigenvalue weighted by molar-refractivity contribution is 9.10. The van der Waals surface area contributed by atoms with Crippen molar-refractivity contribution in [3.8, 4) is 0 Å². The Balaban J connectivity index is 3.07. The van der Waals surface area contributed by atoms with E-state index in [0.29, 0.717) is 0 Å². The van der Waals surface area contributed by atoms with Gasteiger partial charge in [0.2, 0.25) is 0 Å². The topological polar surface area (TPSA) is 101 Å². The van der Waals surface area contributed by atoms with Gasteiger partial charge in [-0.1, -0.05) is 0 Å². The second-order valence-corrected chi connectivity index (χ2v) is 7.62. The molecule has 0 aliphatic rings. The number of nitrogens with one attached hydrogen (secondary N) is 2. The summed E-state index contributed by atoms with van der Waals surface area (Å²) in [5.41, 5.74) is 4.57. The first-order chi connectivity index (χ1) is 8.92. The summed E-state index contributed by atoms with van der Waals surface area (Å²) >= 11 is 2.86. The Hall–Kier alpha value is -1.35. The van der Waals surface area contributed by atoms with Gasteiger partial charge in [0.1, 0.15) is 10.7 Å². The van der Waals surface area contributed by atoms with Crippen LogP contribution in [-0.4, -0.2) is 20.0 Å². The number of urea groups is 1. The Morgan fingerprint density at radius 2 is 1.90 bits per heavy atom. The fourth-order valence-corrected chi connectivity index (χ4v) is 2.86. The number of rotatable bonds is 2. The van der Waals surface area contributed by atoms with E-state index in [1.807, 2.05) is 4.72 Å². The van der Waals surface area contributed by atoms with Crippen LogP contribution in [0.5, 0.6) is 0 Å². The van der Waals surface area contributed by atoms with Gasteiger partial charge in [-0.3, -0.25) is 0 Å². The molecule has 0 bridgehead atoms. The molecule has 112 valence electrons. The number of nitrogens with two attached hydrogens (primary N) is 1. The molecule has 1 rings (SSSR count). The lowest BCUT2D eigenvalue weighted by Crippen LogP contribution is -2.48. The Morgan fingerprint density at radius 3 is 2.40 bits per heavy atom. The van der Waals surface area contributed by atoms with E-state index in [9.17, 15) is 17.6 Å². The molecule has 0 aliphatic carbocycles. The molecule has 0 saturated heterocycles. The first-order valence-corrected chi connectivity index (χ1v) is 7.79. The van der Waals surface area contributed by atoms with Crippen molar-refractivity contribution >= 4 is 37.7 Å². The van der Waals surface area contributed by atoms with Gasteiger partial charge >= 0.3 is 6.03 Å². The van der Waals surface area contributed by atoms with Crippen LogP contribution in [0, 0.1) is 5.82 Å². The van der Waals surface area contributed by atoms with E-state index in [2.05, 4.69) is 21.2 Å². The number of sulfonamides is 1. The zero-order valence-corrected chi connectivity index (χ0v) is 13.5. The molecule has 1 aromatic rings. The van der Waals surface area contributed by atoms with Gasteiger partial charge in [0.05, 0.1) is 10.2 Å². The van der Waals surface area contributed by atoms with Gasteiger partial charge in [-0.2, -0.15) is 0 Å². The molecule has 0 radical (unpaired) electrons. The molecule has 0 fully saturated rings. The summed E-state index contributed by atoms with van der Waals surface area (Å²) in [4.78, 5) is 11.2. The van der Waals surface area contributed by atoms with E-state index < -0.39 is 27.4 Å². The third-order valence-electron chi connectivity index (χ3n) is 2.06. The number of nitrogen functional groups attached to an aromatic ring is 1. The molecule has 0 spiro atoms. The average Bonchev–Trinajstić information content (AvgIpc) is 2.19. The molecule has 0 unspecified atom stereocenters. The van der Waals surface area contributed by atoms with Crippen LogP contribution in [0.2, 0.25) is 0 Å². The van der Waals surface area contributed by atoms with Crippen LogP contribution in [0.15, 0.2) is 21.5 Å². The summed E-state index contributed by atoms with van der Waals surface area (Å²) < 4.78 is 39.0. The number of hydrogen-bond donors (Lipinski definition) is 3. The normalized spacial score (nSPS) is 12.1. The van der Waals surface area contributed by atoms with E-state index in [-0.39, 0.29) is 15.1 Å². The van der Waals surface area contributed by atoms with E-state index in [4.69, 9.17) is 5.73 Å². The highest BCUT2D eigenvalue weighted by Crippen LogP contribution is 2.25. The van der Waals surface area contributed by atoms with Crippen LogP contribution >= 0.6 is 15.9 Å². The average molecular weight is 368 g/mol. The van der Waals surface area contributed by atoms with Crippen molar-refractivity contribution in [3.63, 3.8) is 0 Å². The van der Waals surface area contributed by atoms with Gasteiger partial charge in [0, 0.05) is 5.54 Å². The van der Waals surface area contributed by atoms with Crippen LogP contribution in [-0.2, 0) is 10.0 Å². The van der Waals surface area contributed by atoms with Gasteiger partial charge in [-0.25, -0.2) is 22.3 Å². The molecular formula is C11H15BrFN3O3S. The Bertz CT molecular complexity index is 641. The monoisotopic (exact) mass is 367 g/mol. The standard InChI is InChI=1S/C11H15BrFN3O3S/c1-11(2,3)15-10(17)16-20(18,19)9-4-6(12)7(13)5-8(9)14/h4-5H,14H2,1-3H3,(H2,15,16,17). The van der Waals surface area contributed by atoms with Crippen LogP contribution in [0.3, 0.4) is 0 Å². The second-order valence-electron chi connectivity index (χ2n) is 5.11. The first kappa shape index (κ1) is 16.7. The van der Waals surface area contributed by atoms with Crippen molar-refractivity contribution in [2.45, 2.75) is 31.2 Å². The number of halogens is 2. The van der Waals surface area contributed by atoms with E-state index in [1.54, 1.807) is 20.8 Å². The summed E-state index contributed by atoms with van der Waals surface area (Å²) in [6.07, 6.45) is 0. The Kier molecular flexibility index (Phi) is 4.65. The molecule has 0 saturated carbocycles. The number of anilines is 1. The summed E-state index contributed by atoms with van der Waals surface area (Å²) in [6.45, 7) is 5.09. The minimum Gasteiger partial charge on any atom is -0.398 e. The number of carbonyl (C=O) groups excluding carboxylic acids is 1. The maximum atomic E-state index is 13.2. The van der Waals surface area contributed by atoms with Gasteiger partial charge in [-0.05, 0) is 48.8 Å². The molecular weight excluding hydrogens is 353 g/mol. The van der Waals surface area contributed by atoms with Crippen molar-refractivity contribution in [3.05, 3.63) is 22.4 Å². The van der Waals surface area contributed by atoms with E-state index in [0.717, 1.165) is 12.1 Å². The first-order valence-electron chi connectivity index (χ1n) is 5.52. The maximum absolute atomic E-state index is 13.2. The largest absolute Gasteiger partial charge is 0.398 e. The minimum absolute atomic E-state index is 0.0664. The fraction of sp³-hybridized carbons (Fsp3) is 0.364. The van der Waals surface area contributed by atoms with Gasteiger partial charge in [-0.15, -0.1) is 0 Å². The molecule has 0 aromatic heterocycles. The molecule has 0 atom stereocenters. The lowest BCUT2D eigenvalue weighted by Gasteiger charge is -2.20. The van der Waals surface area contributed by atoms with Crippen LogP contribution < -0.4 is 15.8 Å². The zero-order chi connectivity index (χ0) is 15.7. The van der Waals surface area contributed by atoms with Gasteiger partial charge in [0.15, 0.2) is 0 Å². The third-order valence-corrected chi connectivity index (χ3v) is 4.05. The Morgan fingerprint density at radius 1 is 1.35 bits per heavy atom.